The van der Waals surface area contributed by atoms with E-state index in [1.165, 1.54) is 30.0 Å². The summed E-state index contributed by atoms with van der Waals surface area (Å²) < 4.78 is 0. The first kappa shape index (κ1) is 17.7. The van der Waals surface area contributed by atoms with E-state index in [-0.39, 0.29) is 11.7 Å². The van der Waals surface area contributed by atoms with E-state index in [0.717, 1.165) is 17.5 Å². The van der Waals surface area contributed by atoms with E-state index in [9.17, 15) is 9.59 Å². The number of hydrogen-bond donors (Lipinski definition) is 1. The Morgan fingerprint density at radius 1 is 1.00 bits per heavy atom. The van der Waals surface area contributed by atoms with Crippen molar-refractivity contribution in [1.29, 1.82) is 0 Å². The Morgan fingerprint density at radius 2 is 1.73 bits per heavy atom. The second-order valence-corrected chi connectivity index (χ2v) is 6.30. The smallest absolute Gasteiger partial charge is 0.246 e. The summed E-state index contributed by atoms with van der Waals surface area (Å²) in [6, 6.07) is 18.0. The zero-order valence-corrected chi connectivity index (χ0v) is 14.8. The van der Waals surface area contributed by atoms with Crippen molar-refractivity contribution in [1.82, 2.24) is 9.88 Å². The zero-order valence-electron chi connectivity index (χ0n) is 14.8. The maximum atomic E-state index is 12.6. The molecule has 1 heterocycles. The number of para-hydroxylation sites is 1. The number of carbonyl (C=O) groups excluding carboxylic acids is 2. The summed E-state index contributed by atoms with van der Waals surface area (Å²) in [6.07, 6.45) is 5.43. The van der Waals surface area contributed by atoms with Gasteiger partial charge >= 0.3 is 0 Å². The van der Waals surface area contributed by atoms with Crippen LogP contribution in [0.4, 0.5) is 0 Å². The van der Waals surface area contributed by atoms with E-state index in [4.69, 9.17) is 0 Å². The van der Waals surface area contributed by atoms with Crippen LogP contribution in [0.2, 0.25) is 0 Å². The van der Waals surface area contributed by atoms with E-state index in [2.05, 4.69) is 11.1 Å². The molecule has 2 aromatic carbocycles. The van der Waals surface area contributed by atoms with Gasteiger partial charge in [-0.25, -0.2) is 0 Å². The number of amides is 1. The average molecular weight is 346 g/mol. The first-order valence-electron chi connectivity index (χ1n) is 8.70. The summed E-state index contributed by atoms with van der Waals surface area (Å²) in [5, 5.41) is 1.18. The highest BCUT2D eigenvalue weighted by Crippen LogP contribution is 2.19. The molecule has 1 amide bonds. The topological polar surface area (TPSA) is 53.2 Å². The Labute approximate surface area is 153 Å². The molecular formula is C22H22N2O2. The average Bonchev–Trinajstić information content (AvgIpc) is 3.07. The largest absolute Gasteiger partial charge is 0.361 e. The molecule has 0 saturated carbocycles. The van der Waals surface area contributed by atoms with Gasteiger partial charge in [0.2, 0.25) is 5.91 Å². The Bertz CT molecular complexity index is 925. The van der Waals surface area contributed by atoms with Crippen molar-refractivity contribution in [3.05, 3.63) is 84.1 Å². The van der Waals surface area contributed by atoms with Crippen LogP contribution in [0.3, 0.4) is 0 Å². The van der Waals surface area contributed by atoms with Gasteiger partial charge in [0.25, 0.3) is 0 Å². The molecule has 0 aliphatic rings. The number of carbonyl (C=O) groups is 2. The lowest BCUT2D eigenvalue weighted by Gasteiger charge is -2.21. The maximum Gasteiger partial charge on any atom is 0.246 e. The number of rotatable bonds is 7. The Morgan fingerprint density at radius 3 is 2.50 bits per heavy atom. The van der Waals surface area contributed by atoms with Crippen molar-refractivity contribution in [3.8, 4) is 0 Å². The molecule has 0 unspecified atom stereocenters. The third-order valence-corrected chi connectivity index (χ3v) is 4.31. The fourth-order valence-corrected chi connectivity index (χ4v) is 2.96. The summed E-state index contributed by atoms with van der Waals surface area (Å²) in [6.45, 7) is 2.54. The molecule has 1 N–H and O–H groups in total. The molecule has 0 aliphatic carbocycles. The number of ketones is 1. The number of nitrogens with zero attached hydrogens (tertiary/aromatic N) is 1. The van der Waals surface area contributed by atoms with Gasteiger partial charge in [-0.15, -0.1) is 0 Å². The van der Waals surface area contributed by atoms with Crippen molar-refractivity contribution >= 4 is 22.6 Å². The molecule has 1 aromatic heterocycles. The van der Waals surface area contributed by atoms with Gasteiger partial charge in [-0.1, -0.05) is 48.5 Å². The first-order valence-corrected chi connectivity index (χ1v) is 8.70. The van der Waals surface area contributed by atoms with E-state index >= 15 is 0 Å². The Balaban J connectivity index is 1.76. The molecule has 0 bridgehead atoms. The third kappa shape index (κ3) is 4.48. The lowest BCUT2D eigenvalue weighted by molar-refractivity contribution is -0.127. The van der Waals surface area contributed by atoms with Gasteiger partial charge in [0.1, 0.15) is 0 Å². The number of benzene rings is 2. The fourth-order valence-electron chi connectivity index (χ4n) is 2.96. The van der Waals surface area contributed by atoms with E-state index in [1.807, 2.05) is 54.7 Å². The lowest BCUT2D eigenvalue weighted by atomic mass is 10.1. The van der Waals surface area contributed by atoms with Gasteiger partial charge in [0, 0.05) is 36.3 Å². The predicted octanol–water partition coefficient (Wildman–Crippen LogP) is 3.88. The molecule has 0 aliphatic heterocycles. The summed E-state index contributed by atoms with van der Waals surface area (Å²) >= 11 is 0. The summed E-state index contributed by atoms with van der Waals surface area (Å²) in [4.78, 5) is 28.8. The van der Waals surface area contributed by atoms with Crippen molar-refractivity contribution in [2.75, 3.05) is 6.54 Å². The standard InChI is InChI=1S/C22H22N2O2/c1-17(25)11-12-22(26)24(16-18-7-3-2-4-8-18)14-13-19-15-23-21-10-6-5-9-20(19)21/h2-12,15,23H,13-14,16H2,1H3/b12-11+. The predicted molar refractivity (Wildman–Crippen MR) is 104 cm³/mol. The number of nitrogens with one attached hydrogen (secondary N) is 1. The summed E-state index contributed by atoms with van der Waals surface area (Å²) in [5.41, 5.74) is 3.35. The van der Waals surface area contributed by atoms with Crippen molar-refractivity contribution < 1.29 is 9.59 Å². The van der Waals surface area contributed by atoms with Crippen LogP contribution in [0.25, 0.3) is 10.9 Å². The number of hydrogen-bond acceptors (Lipinski definition) is 2. The Kier molecular flexibility index (Phi) is 5.64. The molecule has 3 rings (SSSR count). The van der Waals surface area contributed by atoms with Crippen LogP contribution in [0.1, 0.15) is 18.1 Å². The van der Waals surface area contributed by atoms with Crippen LogP contribution in [0.15, 0.2) is 72.9 Å². The van der Waals surface area contributed by atoms with Crippen molar-refractivity contribution in [3.63, 3.8) is 0 Å². The molecule has 0 fully saturated rings. The van der Waals surface area contributed by atoms with Gasteiger partial charge in [-0.05, 0) is 36.6 Å². The highest BCUT2D eigenvalue weighted by Gasteiger charge is 2.13. The van der Waals surface area contributed by atoms with E-state index < -0.39 is 0 Å². The minimum atomic E-state index is -0.149. The highest BCUT2D eigenvalue weighted by molar-refractivity contribution is 5.96. The quantitative estimate of drug-likeness (QED) is 0.660. The van der Waals surface area contributed by atoms with Gasteiger partial charge in [0.15, 0.2) is 5.78 Å². The van der Waals surface area contributed by atoms with Gasteiger partial charge < -0.3 is 9.88 Å². The van der Waals surface area contributed by atoms with Crippen LogP contribution in [-0.2, 0) is 22.6 Å². The fraction of sp³-hybridized carbons (Fsp3) is 0.182. The number of aromatic amines is 1. The number of H-pyrrole nitrogens is 1. The Hall–Kier alpha value is -3.14. The monoisotopic (exact) mass is 346 g/mol. The molecule has 0 spiro atoms. The minimum absolute atomic E-state index is 0.130. The molecule has 26 heavy (non-hydrogen) atoms. The molecule has 3 aromatic rings. The first-order chi connectivity index (χ1) is 12.6. The molecule has 0 saturated heterocycles. The van der Waals surface area contributed by atoms with Crippen LogP contribution in [0, 0.1) is 0 Å². The number of aromatic nitrogens is 1. The molecule has 0 radical (unpaired) electrons. The number of fused-ring (bicyclic) bond motifs is 1. The molecule has 132 valence electrons. The number of allylic oxidation sites excluding steroid dienone is 1. The third-order valence-electron chi connectivity index (χ3n) is 4.31. The molecule has 0 atom stereocenters. The highest BCUT2D eigenvalue weighted by atomic mass is 16.2. The van der Waals surface area contributed by atoms with E-state index in [0.29, 0.717) is 13.1 Å². The SMILES string of the molecule is CC(=O)/C=C/C(=O)N(CCc1c[nH]c2ccccc12)Cc1ccccc1. The molecular weight excluding hydrogens is 324 g/mol. The van der Waals surface area contributed by atoms with Crippen LogP contribution in [-0.4, -0.2) is 28.1 Å². The van der Waals surface area contributed by atoms with Crippen LogP contribution < -0.4 is 0 Å². The van der Waals surface area contributed by atoms with Gasteiger partial charge in [-0.2, -0.15) is 0 Å². The summed E-state index contributed by atoms with van der Waals surface area (Å²) in [7, 11) is 0. The van der Waals surface area contributed by atoms with Gasteiger partial charge in [-0.3, -0.25) is 9.59 Å². The molecule has 4 nitrogen and oxygen atoms in total. The van der Waals surface area contributed by atoms with Crippen LogP contribution >= 0.6 is 0 Å². The maximum absolute atomic E-state index is 12.6. The minimum Gasteiger partial charge on any atom is -0.361 e. The van der Waals surface area contributed by atoms with Crippen molar-refractivity contribution in [2.24, 2.45) is 0 Å². The van der Waals surface area contributed by atoms with Crippen molar-refractivity contribution in [2.45, 2.75) is 19.9 Å². The van der Waals surface area contributed by atoms with E-state index in [1.54, 1.807) is 4.90 Å². The normalized spacial score (nSPS) is 11.1. The summed E-state index contributed by atoms with van der Waals surface area (Å²) in [5.74, 6) is -0.279. The second kappa shape index (κ2) is 8.30. The van der Waals surface area contributed by atoms with Crippen LogP contribution in [0.5, 0.6) is 0 Å². The zero-order chi connectivity index (χ0) is 18.4. The lowest BCUT2D eigenvalue weighted by Crippen LogP contribution is -2.31. The second-order valence-electron chi connectivity index (χ2n) is 6.30. The molecule has 4 heteroatoms. The van der Waals surface area contributed by atoms with Gasteiger partial charge in [0.05, 0.1) is 0 Å².